The van der Waals surface area contributed by atoms with Crippen LogP contribution in [0.3, 0.4) is 0 Å². The van der Waals surface area contributed by atoms with Crippen molar-refractivity contribution in [3.05, 3.63) is 76.1 Å². The van der Waals surface area contributed by atoms with Crippen LogP contribution in [0.25, 0.3) is 10.2 Å². The number of imide groups is 1. The van der Waals surface area contributed by atoms with E-state index < -0.39 is 6.04 Å². The van der Waals surface area contributed by atoms with Crippen molar-refractivity contribution in [2.45, 2.75) is 96.1 Å². The molecule has 2 saturated carbocycles. The molecule has 2 aromatic carbocycles. The molecule has 3 aliphatic heterocycles. The summed E-state index contributed by atoms with van der Waals surface area (Å²) in [5, 5.41) is 10.1. The number of nitrogens with one attached hydrogen (secondary N) is 3. The van der Waals surface area contributed by atoms with Gasteiger partial charge in [0.2, 0.25) is 11.8 Å². The number of likely N-dealkylation sites (tertiary alicyclic amines) is 1. The summed E-state index contributed by atoms with van der Waals surface area (Å²) in [7, 11) is 1.62. The van der Waals surface area contributed by atoms with Gasteiger partial charge >= 0.3 is 0 Å². The lowest BCUT2D eigenvalue weighted by atomic mass is 9.57. The van der Waals surface area contributed by atoms with Crippen molar-refractivity contribution in [1.29, 1.82) is 0 Å². The summed E-state index contributed by atoms with van der Waals surface area (Å²) >= 11 is 1.74. The summed E-state index contributed by atoms with van der Waals surface area (Å²) in [4.78, 5) is 64.3. The highest BCUT2D eigenvalue weighted by Crippen LogP contribution is 2.54. The Morgan fingerprint density at radius 2 is 1.76 bits per heavy atom. The van der Waals surface area contributed by atoms with E-state index in [1.54, 1.807) is 29.4 Å². The predicted octanol–water partition coefficient (Wildman–Crippen LogP) is 7.29. The Kier molecular flexibility index (Phi) is 10.7. The summed E-state index contributed by atoms with van der Waals surface area (Å²) < 4.78 is 6.70. The zero-order chi connectivity index (χ0) is 40.0. The second-order valence-corrected chi connectivity index (χ2v) is 18.5. The molecular weight excluding hydrogens is 751 g/mol. The standard InChI is InChI=1S/C45H53N7O5S/c1-27-5-3-8-33(47-27)41(54)48-34-22-38-35(21-37(34)57-2)49-43(58-38)30-11-9-28(10-12-30)25-51-19-16-45(17-20-51)23-29(24-45)15-18-46-32-7-4-6-31-26-52(44(56)40(31)32)36-13-14-39(53)50-42(36)55/h3-8,21-22,28-30,36,46H,9-20,23-26H2,1-2H3,(H,48,54)(H,50,53,55)/t28-,30-,36?. The largest absolute Gasteiger partial charge is 0.494 e. The van der Waals surface area contributed by atoms with E-state index in [0.29, 0.717) is 52.9 Å². The number of amides is 4. The predicted molar refractivity (Wildman–Crippen MR) is 224 cm³/mol. The number of anilines is 2. The second-order valence-electron chi connectivity index (χ2n) is 17.4. The van der Waals surface area contributed by atoms with Crippen molar-refractivity contribution in [2.24, 2.45) is 17.3 Å². The molecule has 0 radical (unpaired) electrons. The highest BCUT2D eigenvalue weighted by molar-refractivity contribution is 7.18. The molecule has 5 heterocycles. The first-order chi connectivity index (χ1) is 28.1. The first kappa shape index (κ1) is 38.6. The zero-order valence-electron chi connectivity index (χ0n) is 33.5. The maximum absolute atomic E-state index is 13.5. The maximum Gasteiger partial charge on any atom is 0.274 e. The zero-order valence-corrected chi connectivity index (χ0v) is 34.3. The lowest BCUT2D eigenvalue weighted by Gasteiger charge is -2.53. The number of aromatic nitrogens is 2. The van der Waals surface area contributed by atoms with Gasteiger partial charge in [-0.25, -0.2) is 9.97 Å². The fourth-order valence-electron chi connectivity index (χ4n) is 10.4. The molecule has 3 N–H and O–H groups in total. The molecule has 2 aliphatic carbocycles. The van der Waals surface area contributed by atoms with E-state index >= 15 is 0 Å². The van der Waals surface area contributed by atoms with Gasteiger partial charge in [0.1, 0.15) is 17.5 Å². The minimum atomic E-state index is -0.595. The Balaban J connectivity index is 0.707. The number of carbonyl (C=O) groups is 4. The topological polar surface area (TPSA) is 146 Å². The molecule has 4 amide bonds. The van der Waals surface area contributed by atoms with E-state index in [1.807, 2.05) is 49.4 Å². The Hall–Kier alpha value is -4.88. The minimum Gasteiger partial charge on any atom is -0.494 e. The van der Waals surface area contributed by atoms with Crippen molar-refractivity contribution < 1.29 is 23.9 Å². The van der Waals surface area contributed by atoms with Crippen LogP contribution in [0.15, 0.2) is 48.5 Å². The Bertz CT molecular complexity index is 2230. The number of carbonyl (C=O) groups excluding carboxylic acids is 4. The highest BCUT2D eigenvalue weighted by Gasteiger charge is 2.46. The van der Waals surface area contributed by atoms with Crippen molar-refractivity contribution in [2.75, 3.05) is 43.9 Å². The van der Waals surface area contributed by atoms with Gasteiger partial charge in [0, 0.05) is 49.4 Å². The van der Waals surface area contributed by atoms with Gasteiger partial charge < -0.3 is 25.2 Å². The van der Waals surface area contributed by atoms with Crippen LogP contribution < -0.4 is 20.7 Å². The van der Waals surface area contributed by atoms with Crippen LogP contribution in [0.2, 0.25) is 0 Å². The smallest absolute Gasteiger partial charge is 0.274 e. The molecule has 12 nitrogen and oxygen atoms in total. The first-order valence-electron chi connectivity index (χ1n) is 21.1. The number of fused-ring (bicyclic) bond motifs is 2. The maximum atomic E-state index is 13.5. The number of aryl methyl sites for hydroxylation is 1. The van der Waals surface area contributed by atoms with Crippen LogP contribution in [0.5, 0.6) is 5.75 Å². The third kappa shape index (κ3) is 7.82. The van der Waals surface area contributed by atoms with Crippen molar-refractivity contribution >= 4 is 56.6 Å². The van der Waals surface area contributed by atoms with Gasteiger partial charge in [-0.1, -0.05) is 18.2 Å². The molecule has 4 fully saturated rings. The molecule has 58 heavy (non-hydrogen) atoms. The molecule has 1 unspecified atom stereocenters. The van der Waals surface area contributed by atoms with E-state index in [-0.39, 0.29) is 30.0 Å². The number of methoxy groups -OCH3 is 1. The second kappa shape index (κ2) is 16.1. The number of hydrogen-bond donors (Lipinski definition) is 3. The molecular formula is C45H53N7O5S. The average molecular weight is 804 g/mol. The first-order valence-corrected chi connectivity index (χ1v) is 21.9. The summed E-state index contributed by atoms with van der Waals surface area (Å²) in [6, 6.07) is 14.7. The van der Waals surface area contributed by atoms with Crippen LogP contribution in [0.1, 0.15) is 114 Å². The van der Waals surface area contributed by atoms with Crippen LogP contribution in [-0.4, -0.2) is 82.7 Å². The SMILES string of the molecule is COc1cc2nc([C@H]3CC[C@H](CN4CCC5(CC4)CC(CCNc4cccc6c4C(=O)N(C4CCC(=O)NC4=O)C6)C5)CC3)sc2cc1NC(=O)c1cccc(C)n1. The number of rotatable bonds is 11. The van der Waals surface area contributed by atoms with Crippen LogP contribution in [-0.2, 0) is 16.1 Å². The molecule has 9 rings (SSSR count). The van der Waals surface area contributed by atoms with E-state index in [1.165, 1.54) is 63.2 Å². The average Bonchev–Trinajstić information content (AvgIpc) is 3.78. The molecule has 1 atom stereocenters. The minimum absolute atomic E-state index is 0.125. The van der Waals surface area contributed by atoms with E-state index in [9.17, 15) is 19.2 Å². The lowest BCUT2D eigenvalue weighted by molar-refractivity contribution is -0.136. The van der Waals surface area contributed by atoms with Gasteiger partial charge in [-0.15, -0.1) is 11.3 Å². The van der Waals surface area contributed by atoms with Gasteiger partial charge in [0.15, 0.2) is 0 Å². The number of hydrogen-bond acceptors (Lipinski definition) is 10. The number of nitrogens with zero attached hydrogens (tertiary/aromatic N) is 4. The fraction of sp³-hybridized carbons (Fsp3) is 0.511. The summed E-state index contributed by atoms with van der Waals surface area (Å²) in [6.07, 6.45) is 11.7. The Morgan fingerprint density at radius 3 is 2.52 bits per heavy atom. The number of ether oxygens (including phenoxy) is 1. The quantitative estimate of drug-likeness (QED) is 0.133. The van der Waals surface area contributed by atoms with Gasteiger partial charge in [0.05, 0.1) is 33.6 Å². The van der Waals surface area contributed by atoms with E-state index in [4.69, 9.17) is 9.72 Å². The highest BCUT2D eigenvalue weighted by atomic mass is 32.1. The fourth-order valence-corrected chi connectivity index (χ4v) is 11.5. The summed E-state index contributed by atoms with van der Waals surface area (Å²) in [5.41, 5.74) is 5.68. The Morgan fingerprint density at radius 1 is 0.966 bits per heavy atom. The number of benzene rings is 2. The van der Waals surface area contributed by atoms with Gasteiger partial charge in [0.25, 0.3) is 11.8 Å². The van der Waals surface area contributed by atoms with Crippen molar-refractivity contribution in [3.8, 4) is 5.75 Å². The normalized spacial score (nSPS) is 23.4. The van der Waals surface area contributed by atoms with Gasteiger partial charge in [-0.2, -0.15) is 0 Å². The van der Waals surface area contributed by atoms with Crippen LogP contribution in [0, 0.1) is 24.2 Å². The molecule has 2 aromatic heterocycles. The van der Waals surface area contributed by atoms with Gasteiger partial charge in [-0.3, -0.25) is 24.5 Å². The van der Waals surface area contributed by atoms with E-state index in [2.05, 4.69) is 25.8 Å². The number of piperidine rings is 2. The molecule has 304 valence electrons. The van der Waals surface area contributed by atoms with E-state index in [0.717, 1.165) is 58.9 Å². The number of pyridine rings is 1. The molecule has 2 saturated heterocycles. The summed E-state index contributed by atoms with van der Waals surface area (Å²) in [5.74, 6) is 1.49. The van der Waals surface area contributed by atoms with Crippen molar-refractivity contribution in [1.82, 2.24) is 25.1 Å². The van der Waals surface area contributed by atoms with Crippen molar-refractivity contribution in [3.63, 3.8) is 0 Å². The molecule has 0 bridgehead atoms. The third-order valence-electron chi connectivity index (χ3n) is 13.6. The van der Waals surface area contributed by atoms with Crippen LogP contribution >= 0.6 is 11.3 Å². The molecule has 1 spiro atoms. The third-order valence-corrected chi connectivity index (χ3v) is 14.8. The summed E-state index contributed by atoms with van der Waals surface area (Å²) in [6.45, 7) is 6.70. The monoisotopic (exact) mass is 803 g/mol. The van der Waals surface area contributed by atoms with Crippen LogP contribution in [0.4, 0.5) is 11.4 Å². The lowest BCUT2D eigenvalue weighted by Crippen LogP contribution is -2.52. The molecule has 5 aliphatic rings. The molecule has 4 aromatic rings. The number of thiazole rings is 1. The van der Waals surface area contributed by atoms with Gasteiger partial charge in [-0.05, 0) is 131 Å². The molecule has 13 heteroatoms. The Labute approximate surface area is 343 Å².